The lowest BCUT2D eigenvalue weighted by Gasteiger charge is -2.29. The minimum Gasteiger partial charge on any atom is -0.508 e. The van der Waals surface area contributed by atoms with E-state index in [1.807, 2.05) is 13.8 Å². The number of carbonyl (C=O) groups excluding carboxylic acids is 1. The van der Waals surface area contributed by atoms with E-state index in [0.717, 1.165) is 0 Å². The molecule has 0 spiro atoms. The van der Waals surface area contributed by atoms with Gasteiger partial charge in [0.05, 0.1) is 11.8 Å². The topological polar surface area (TPSA) is 90.8 Å². The number of halogens is 3. The van der Waals surface area contributed by atoms with Gasteiger partial charge in [0.2, 0.25) is 0 Å². The molecule has 2 aromatic carbocycles. The maximum absolute atomic E-state index is 14.1. The maximum Gasteiger partial charge on any atom is 0.262 e. The van der Waals surface area contributed by atoms with Crippen molar-refractivity contribution in [3.63, 3.8) is 0 Å². The minimum atomic E-state index is -1.01. The molecule has 0 aliphatic carbocycles. The molecule has 0 fully saturated rings. The Hall–Kier alpha value is -2.06. The first-order valence-corrected chi connectivity index (χ1v) is 9.19. The zero-order valence-electron chi connectivity index (χ0n) is 16.0. The number of phenolic OH excluding ortho intramolecular Hbond substituents is 1. The van der Waals surface area contributed by atoms with Crippen LogP contribution in [0.2, 0.25) is 5.02 Å². The molecule has 6 nitrogen and oxygen atoms in total. The van der Waals surface area contributed by atoms with Gasteiger partial charge in [0.1, 0.15) is 17.3 Å². The molecule has 1 atom stereocenters. The molecule has 158 valence electrons. The van der Waals surface area contributed by atoms with Crippen LogP contribution in [0.1, 0.15) is 31.1 Å². The first-order valence-electron chi connectivity index (χ1n) is 8.81. The lowest BCUT2D eigenvalue weighted by Crippen LogP contribution is -2.43. The van der Waals surface area contributed by atoms with E-state index < -0.39 is 11.6 Å². The largest absolute Gasteiger partial charge is 0.508 e. The molecule has 0 aromatic heterocycles. The fourth-order valence-electron chi connectivity index (χ4n) is 3.15. The summed E-state index contributed by atoms with van der Waals surface area (Å²) in [6.07, 6.45) is -0.627. The van der Waals surface area contributed by atoms with Crippen molar-refractivity contribution in [3.05, 3.63) is 52.3 Å². The summed E-state index contributed by atoms with van der Waals surface area (Å²) in [5.74, 6) is -0.480. The quantitative estimate of drug-likeness (QED) is 0.546. The second kappa shape index (κ2) is 9.17. The molecule has 4 N–H and O–H groups in total. The van der Waals surface area contributed by atoms with Gasteiger partial charge in [-0.05, 0) is 44.0 Å². The number of β-amino-alcohol motifs (C(OH)–C–C–N with tert-alkyl or cyclic N) is 1. The first-order chi connectivity index (χ1) is 13.1. The van der Waals surface area contributed by atoms with E-state index in [1.54, 1.807) is 12.1 Å². The van der Waals surface area contributed by atoms with Crippen LogP contribution < -0.4 is 15.4 Å². The van der Waals surface area contributed by atoms with Crippen molar-refractivity contribution in [1.29, 1.82) is 0 Å². The van der Waals surface area contributed by atoms with Gasteiger partial charge in [-0.3, -0.25) is 4.79 Å². The number of aliphatic hydroxyl groups is 1. The fraction of sp³-hybridized carbons (Fsp3) is 0.350. The van der Waals surface area contributed by atoms with Gasteiger partial charge in [-0.25, -0.2) is 4.39 Å². The van der Waals surface area contributed by atoms with E-state index in [1.165, 1.54) is 18.2 Å². The Kier molecular flexibility index (Phi) is 7.35. The predicted molar refractivity (Wildman–Crippen MR) is 112 cm³/mol. The number of phenols is 1. The minimum absolute atomic E-state index is 0. The van der Waals surface area contributed by atoms with Crippen molar-refractivity contribution in [1.82, 2.24) is 5.32 Å². The van der Waals surface area contributed by atoms with Crippen LogP contribution in [0.3, 0.4) is 0 Å². The molecule has 2 aromatic rings. The lowest BCUT2D eigenvalue weighted by molar-refractivity contribution is -0.118. The highest BCUT2D eigenvalue weighted by Crippen LogP contribution is 2.38. The van der Waals surface area contributed by atoms with E-state index >= 15 is 0 Å². The van der Waals surface area contributed by atoms with E-state index in [0.29, 0.717) is 34.0 Å². The molecule has 29 heavy (non-hydrogen) atoms. The second-order valence-electron chi connectivity index (χ2n) is 7.44. The molecule has 3 rings (SSSR count). The molecule has 0 bridgehead atoms. The third-order valence-corrected chi connectivity index (χ3v) is 4.74. The van der Waals surface area contributed by atoms with Gasteiger partial charge in [0.25, 0.3) is 5.91 Å². The number of ether oxygens (including phenoxy) is 1. The van der Waals surface area contributed by atoms with Gasteiger partial charge in [-0.15, -0.1) is 12.4 Å². The lowest BCUT2D eigenvalue weighted by atomic mass is 9.94. The average Bonchev–Trinajstić information content (AvgIpc) is 2.61. The zero-order valence-corrected chi connectivity index (χ0v) is 17.5. The van der Waals surface area contributed by atoms with Gasteiger partial charge >= 0.3 is 0 Å². The van der Waals surface area contributed by atoms with Crippen molar-refractivity contribution >= 4 is 35.6 Å². The maximum atomic E-state index is 14.1. The zero-order chi connectivity index (χ0) is 20.5. The molecule has 1 heterocycles. The van der Waals surface area contributed by atoms with Gasteiger partial charge < -0.3 is 25.6 Å². The third-order valence-electron chi connectivity index (χ3n) is 4.50. The SMILES string of the molecule is CC(C)(Cc1ccc(Cl)cc1F)NCC(O)c1cc(O)cc2c1OCC(=O)N2.Cl. The molecule has 1 amide bonds. The number of fused-ring (bicyclic) bond motifs is 1. The normalized spacial score (nSPS) is 14.3. The Morgan fingerprint density at radius 1 is 1.34 bits per heavy atom. The summed E-state index contributed by atoms with van der Waals surface area (Å²) in [4.78, 5) is 11.5. The molecular formula is C20H23Cl2FN2O4. The number of hydrogen-bond donors (Lipinski definition) is 4. The third kappa shape index (κ3) is 5.73. The fourth-order valence-corrected chi connectivity index (χ4v) is 3.31. The Morgan fingerprint density at radius 2 is 2.07 bits per heavy atom. The average molecular weight is 445 g/mol. The van der Waals surface area contributed by atoms with Crippen LogP contribution in [0.25, 0.3) is 0 Å². The van der Waals surface area contributed by atoms with E-state index in [9.17, 15) is 19.4 Å². The number of aliphatic hydroxyl groups excluding tert-OH is 1. The number of aromatic hydroxyl groups is 1. The van der Waals surface area contributed by atoms with Crippen LogP contribution >= 0.6 is 24.0 Å². The number of nitrogens with one attached hydrogen (secondary N) is 2. The molecule has 1 aliphatic heterocycles. The predicted octanol–water partition coefficient (Wildman–Crippen LogP) is 3.58. The monoisotopic (exact) mass is 444 g/mol. The van der Waals surface area contributed by atoms with Gasteiger partial charge in [0.15, 0.2) is 6.61 Å². The molecule has 0 radical (unpaired) electrons. The summed E-state index contributed by atoms with van der Waals surface area (Å²) in [6, 6.07) is 7.31. The molecule has 1 aliphatic rings. The van der Waals surface area contributed by atoms with E-state index in [4.69, 9.17) is 16.3 Å². The molecule has 9 heteroatoms. The van der Waals surface area contributed by atoms with Gasteiger partial charge in [0, 0.05) is 28.7 Å². The first kappa shape index (κ1) is 23.2. The van der Waals surface area contributed by atoms with Crippen LogP contribution in [-0.4, -0.2) is 34.8 Å². The Morgan fingerprint density at radius 3 is 2.76 bits per heavy atom. The standard InChI is InChI=1S/C20H22ClFN2O4.ClH/c1-20(2,8-11-3-4-12(21)5-15(11)22)23-9-17(26)14-6-13(25)7-16-19(14)28-10-18(27)24-16;/h3-7,17,23,25-26H,8-10H2,1-2H3,(H,24,27);1H. The van der Waals surface area contributed by atoms with Gasteiger partial charge in [-0.2, -0.15) is 0 Å². The number of amides is 1. The second-order valence-corrected chi connectivity index (χ2v) is 7.88. The summed E-state index contributed by atoms with van der Waals surface area (Å²) in [5.41, 5.74) is 0.655. The number of benzene rings is 2. The number of anilines is 1. The highest BCUT2D eigenvalue weighted by atomic mass is 35.5. The highest BCUT2D eigenvalue weighted by Gasteiger charge is 2.26. The van der Waals surface area contributed by atoms with Crippen molar-refractivity contribution in [2.75, 3.05) is 18.5 Å². The van der Waals surface area contributed by atoms with Crippen LogP contribution in [0.15, 0.2) is 30.3 Å². The number of carbonyl (C=O) groups is 1. The molecule has 0 saturated heterocycles. The smallest absolute Gasteiger partial charge is 0.262 e. The van der Waals surface area contributed by atoms with Crippen molar-refractivity contribution < 1.29 is 24.1 Å². The highest BCUT2D eigenvalue weighted by molar-refractivity contribution is 6.30. The molecule has 0 saturated carbocycles. The Labute approximate surface area is 179 Å². The van der Waals surface area contributed by atoms with E-state index in [2.05, 4.69) is 10.6 Å². The van der Waals surface area contributed by atoms with Crippen LogP contribution in [0, 0.1) is 5.82 Å². The summed E-state index contributed by atoms with van der Waals surface area (Å²) >= 11 is 5.79. The summed E-state index contributed by atoms with van der Waals surface area (Å²) < 4.78 is 19.5. The van der Waals surface area contributed by atoms with Gasteiger partial charge in [-0.1, -0.05) is 17.7 Å². The Bertz CT molecular complexity index is 908. The van der Waals surface area contributed by atoms with E-state index in [-0.39, 0.29) is 43.0 Å². The summed E-state index contributed by atoms with van der Waals surface area (Å²) in [5, 5.41) is 26.7. The van der Waals surface area contributed by atoms with Crippen molar-refractivity contribution in [3.8, 4) is 11.5 Å². The molecular weight excluding hydrogens is 422 g/mol. The van der Waals surface area contributed by atoms with Crippen LogP contribution in [0.4, 0.5) is 10.1 Å². The molecule has 1 unspecified atom stereocenters. The van der Waals surface area contributed by atoms with Crippen molar-refractivity contribution in [2.45, 2.75) is 31.9 Å². The summed E-state index contributed by atoms with van der Waals surface area (Å²) in [7, 11) is 0. The van der Waals surface area contributed by atoms with Crippen molar-refractivity contribution in [2.24, 2.45) is 0 Å². The Balaban J connectivity index is 0.00000300. The van der Waals surface area contributed by atoms with Crippen LogP contribution in [0.5, 0.6) is 11.5 Å². The summed E-state index contributed by atoms with van der Waals surface area (Å²) in [6.45, 7) is 3.76. The number of hydrogen-bond acceptors (Lipinski definition) is 5. The number of rotatable bonds is 6. The van der Waals surface area contributed by atoms with Crippen LogP contribution in [-0.2, 0) is 11.2 Å².